The number of benzene rings is 2. The van der Waals surface area contributed by atoms with E-state index >= 15 is 0 Å². The molecule has 2 aromatic carbocycles. The third-order valence-corrected chi connectivity index (χ3v) is 5.36. The lowest BCUT2D eigenvalue weighted by molar-refractivity contribution is -0.0343. The van der Waals surface area contributed by atoms with Gasteiger partial charge in [-0.15, -0.1) is 0 Å². The molecule has 4 aromatic rings. The minimum absolute atomic E-state index is 0. The van der Waals surface area contributed by atoms with E-state index in [1.807, 2.05) is 0 Å². The molecule has 0 bridgehead atoms. The van der Waals surface area contributed by atoms with E-state index < -0.39 is 28.8 Å². The molecule has 0 aliphatic heterocycles. The van der Waals surface area contributed by atoms with Crippen molar-refractivity contribution in [2.24, 2.45) is 0 Å². The minimum Gasteiger partial charge on any atom is -0.412 e. The number of hydrogen-bond acceptors (Lipinski definition) is 5. The van der Waals surface area contributed by atoms with Crippen LogP contribution in [0.4, 0.5) is 8.78 Å². The van der Waals surface area contributed by atoms with E-state index in [0.717, 1.165) is 12.1 Å². The van der Waals surface area contributed by atoms with Gasteiger partial charge in [0.1, 0.15) is 29.9 Å². The quantitative estimate of drug-likeness (QED) is 0.501. The Morgan fingerprint density at radius 3 is 2.65 bits per heavy atom. The summed E-state index contributed by atoms with van der Waals surface area (Å²) in [6.45, 7) is 1.31. The van der Waals surface area contributed by atoms with Crippen LogP contribution in [0.2, 0.25) is 5.02 Å². The fraction of sp³-hybridized carbons (Fsp3) is 0.200. The van der Waals surface area contributed by atoms with Crippen molar-refractivity contribution in [3.05, 3.63) is 88.0 Å². The monoisotopic (exact) mass is 449 g/mol. The summed E-state index contributed by atoms with van der Waals surface area (Å²) in [5.41, 5.74) is -2.21. The lowest BCUT2D eigenvalue weighted by Crippen LogP contribution is -2.43. The Balaban J connectivity index is 0.00000272. The second kappa shape index (κ2) is 8.50. The van der Waals surface area contributed by atoms with Gasteiger partial charge in [-0.05, 0) is 31.2 Å². The molecule has 8 nitrogen and oxygen atoms in total. The molecule has 4 rings (SSSR count). The fourth-order valence-electron chi connectivity index (χ4n) is 3.46. The highest BCUT2D eigenvalue weighted by atomic mass is 35.5. The van der Waals surface area contributed by atoms with Gasteiger partial charge in [0.15, 0.2) is 0 Å². The number of halogens is 3. The Kier molecular flexibility index (Phi) is 6.16. The smallest absolute Gasteiger partial charge is 0.261 e. The van der Waals surface area contributed by atoms with Crippen molar-refractivity contribution < 1.29 is 19.4 Å². The summed E-state index contributed by atoms with van der Waals surface area (Å²) in [5, 5.41) is 16.3. The zero-order chi connectivity index (χ0) is 21.5. The van der Waals surface area contributed by atoms with Gasteiger partial charge in [0.2, 0.25) is 0 Å². The predicted octanol–water partition coefficient (Wildman–Crippen LogP) is 2.24. The van der Waals surface area contributed by atoms with Crippen LogP contribution in [0.5, 0.6) is 0 Å². The summed E-state index contributed by atoms with van der Waals surface area (Å²) >= 11 is 5.96. The maximum absolute atomic E-state index is 14.7. The van der Waals surface area contributed by atoms with Gasteiger partial charge >= 0.3 is 0 Å². The van der Waals surface area contributed by atoms with Gasteiger partial charge in [-0.25, -0.2) is 23.4 Å². The van der Waals surface area contributed by atoms with Crippen LogP contribution in [0.15, 0.2) is 60.2 Å². The van der Waals surface area contributed by atoms with Crippen LogP contribution in [0, 0.1) is 11.6 Å². The number of nitrogens with zero attached hydrogens (tertiary/aromatic N) is 5. The van der Waals surface area contributed by atoms with Gasteiger partial charge in [0, 0.05) is 16.7 Å². The van der Waals surface area contributed by atoms with E-state index in [1.54, 1.807) is 19.1 Å². The van der Waals surface area contributed by atoms with Crippen LogP contribution >= 0.6 is 11.6 Å². The van der Waals surface area contributed by atoms with Gasteiger partial charge in [-0.3, -0.25) is 9.36 Å². The van der Waals surface area contributed by atoms with E-state index in [0.29, 0.717) is 16.6 Å². The van der Waals surface area contributed by atoms with E-state index in [-0.39, 0.29) is 23.0 Å². The molecular formula is C20H18ClF2N5O3. The summed E-state index contributed by atoms with van der Waals surface area (Å²) in [6, 6.07) is 6.51. The van der Waals surface area contributed by atoms with Gasteiger partial charge in [0.05, 0.1) is 29.8 Å². The SMILES string of the molecule is C[C@@H](n1cnc2cc(Cl)ccc2c1=O)[C@](O)(Cn1cncn1)c1ccc(F)cc1F.O. The Labute approximate surface area is 179 Å². The molecule has 0 radical (unpaired) electrons. The summed E-state index contributed by atoms with van der Waals surface area (Å²) in [4.78, 5) is 21.2. The van der Waals surface area contributed by atoms with Gasteiger partial charge in [-0.1, -0.05) is 17.7 Å². The van der Waals surface area contributed by atoms with Crippen LogP contribution in [0.1, 0.15) is 18.5 Å². The molecule has 0 aliphatic carbocycles. The van der Waals surface area contributed by atoms with Crippen molar-refractivity contribution >= 4 is 22.5 Å². The van der Waals surface area contributed by atoms with E-state index in [4.69, 9.17) is 11.6 Å². The molecule has 11 heteroatoms. The van der Waals surface area contributed by atoms with E-state index in [9.17, 15) is 18.7 Å². The van der Waals surface area contributed by atoms with Crippen molar-refractivity contribution in [1.82, 2.24) is 24.3 Å². The Hall–Kier alpha value is -3.21. The molecule has 0 saturated heterocycles. The highest BCUT2D eigenvalue weighted by molar-refractivity contribution is 6.31. The zero-order valence-electron chi connectivity index (χ0n) is 16.2. The van der Waals surface area contributed by atoms with Crippen molar-refractivity contribution in [2.75, 3.05) is 0 Å². The minimum atomic E-state index is -1.98. The summed E-state index contributed by atoms with van der Waals surface area (Å²) < 4.78 is 30.7. The van der Waals surface area contributed by atoms with Gasteiger partial charge < -0.3 is 10.6 Å². The molecule has 2 atom stereocenters. The summed E-state index contributed by atoms with van der Waals surface area (Å²) in [7, 11) is 0. The molecule has 0 amide bonds. The van der Waals surface area contributed by atoms with E-state index in [1.165, 1.54) is 34.3 Å². The third-order valence-electron chi connectivity index (χ3n) is 5.12. The number of fused-ring (bicyclic) bond motifs is 1. The molecule has 0 saturated carbocycles. The number of rotatable bonds is 5. The number of hydrogen-bond donors (Lipinski definition) is 1. The van der Waals surface area contributed by atoms with Crippen molar-refractivity contribution in [1.29, 1.82) is 0 Å². The second-order valence-electron chi connectivity index (χ2n) is 6.94. The molecule has 3 N–H and O–H groups in total. The molecule has 2 aromatic heterocycles. The van der Waals surface area contributed by atoms with Gasteiger partial charge in [0.25, 0.3) is 5.56 Å². The normalized spacial score (nSPS) is 14.1. The topological polar surface area (TPSA) is 117 Å². The first-order valence-electron chi connectivity index (χ1n) is 8.96. The molecule has 0 aliphatic rings. The van der Waals surface area contributed by atoms with Gasteiger partial charge in [-0.2, -0.15) is 5.10 Å². The van der Waals surface area contributed by atoms with Crippen LogP contribution in [-0.2, 0) is 12.1 Å². The molecule has 31 heavy (non-hydrogen) atoms. The average Bonchev–Trinajstić information content (AvgIpc) is 3.20. The number of aromatic nitrogens is 5. The highest BCUT2D eigenvalue weighted by Crippen LogP contribution is 2.36. The lowest BCUT2D eigenvalue weighted by atomic mass is 9.86. The molecule has 0 spiro atoms. The van der Waals surface area contributed by atoms with Crippen molar-refractivity contribution in [3.63, 3.8) is 0 Å². The molecule has 0 unspecified atom stereocenters. The van der Waals surface area contributed by atoms with Crippen LogP contribution in [0.25, 0.3) is 10.9 Å². The highest BCUT2D eigenvalue weighted by Gasteiger charge is 2.41. The average molecular weight is 450 g/mol. The Bertz CT molecular complexity index is 1280. The van der Waals surface area contributed by atoms with Crippen molar-refractivity contribution in [3.8, 4) is 0 Å². The maximum Gasteiger partial charge on any atom is 0.261 e. The van der Waals surface area contributed by atoms with Crippen LogP contribution < -0.4 is 5.56 Å². The molecule has 162 valence electrons. The third kappa shape index (κ3) is 4.05. The van der Waals surface area contributed by atoms with Crippen LogP contribution in [0.3, 0.4) is 0 Å². The first-order chi connectivity index (χ1) is 14.3. The fourth-order valence-corrected chi connectivity index (χ4v) is 3.62. The van der Waals surface area contributed by atoms with Crippen LogP contribution in [-0.4, -0.2) is 34.9 Å². The predicted molar refractivity (Wildman–Crippen MR) is 110 cm³/mol. The molecular weight excluding hydrogens is 432 g/mol. The number of aliphatic hydroxyl groups is 1. The second-order valence-corrected chi connectivity index (χ2v) is 7.37. The first kappa shape index (κ1) is 22.5. The largest absolute Gasteiger partial charge is 0.412 e. The maximum atomic E-state index is 14.7. The lowest BCUT2D eigenvalue weighted by Gasteiger charge is -2.35. The summed E-state index contributed by atoms with van der Waals surface area (Å²) in [6.07, 6.45) is 3.88. The summed E-state index contributed by atoms with van der Waals surface area (Å²) in [5.74, 6) is -1.73. The standard InChI is InChI=1S/C20H16ClF2N5O2.H2O/c1-12(28-11-25-18-6-13(21)2-4-15(18)19(28)29)20(30,8-27-10-24-9-26-27)16-5-3-14(22)7-17(16)23;/h2-7,9-12,30H,8H2,1H3;1H2/t12-,20-;/m1./s1. The Morgan fingerprint density at radius 1 is 1.19 bits per heavy atom. The van der Waals surface area contributed by atoms with Crippen molar-refractivity contribution in [2.45, 2.75) is 25.1 Å². The van der Waals surface area contributed by atoms with E-state index in [2.05, 4.69) is 15.1 Å². The first-order valence-corrected chi connectivity index (χ1v) is 9.34. The molecule has 0 fully saturated rings. The molecule has 2 heterocycles. The Morgan fingerprint density at radius 2 is 1.97 bits per heavy atom. The zero-order valence-corrected chi connectivity index (χ0v) is 17.0.